The van der Waals surface area contributed by atoms with Crippen LogP contribution in [0.2, 0.25) is 0 Å². The summed E-state index contributed by atoms with van der Waals surface area (Å²) >= 11 is 0. The summed E-state index contributed by atoms with van der Waals surface area (Å²) in [7, 11) is 0. The number of aromatic nitrogens is 1. The van der Waals surface area contributed by atoms with Crippen LogP contribution in [0.5, 0.6) is 0 Å². The minimum absolute atomic E-state index is 0.183. The summed E-state index contributed by atoms with van der Waals surface area (Å²) in [4.78, 5) is 30.9. The number of pyridine rings is 1. The molecule has 0 unspecified atom stereocenters. The number of esters is 2. The maximum absolute atomic E-state index is 12.5. The Labute approximate surface area is 198 Å². The van der Waals surface area contributed by atoms with Crippen LogP contribution in [-0.4, -0.2) is 48.1 Å². The summed E-state index contributed by atoms with van der Waals surface area (Å²) in [6, 6.07) is 11.0. The number of nitrogens with zero attached hydrogens (tertiary/aromatic N) is 2. The number of hydrogen-bond acceptors (Lipinski definition) is 6. The standard InChI is InChI=1S/C27H38N2O4/c1-4-29(5-2)18-10-8-7-9-11-25-20-24(16-17-28-25)27(31)33-21-23-14-12-22(13-15-23)19-26(30)32-6-3/h12-17,20H,4-11,18-19,21H2,1-3H3. The van der Waals surface area contributed by atoms with E-state index in [-0.39, 0.29) is 25.0 Å². The highest BCUT2D eigenvalue weighted by Gasteiger charge is 2.10. The normalized spacial score (nSPS) is 10.9. The molecule has 2 aromatic rings. The van der Waals surface area contributed by atoms with Crippen molar-refractivity contribution in [3.63, 3.8) is 0 Å². The Bertz CT molecular complexity index is 847. The SMILES string of the molecule is CCOC(=O)Cc1ccc(COC(=O)c2ccnc(CCCCCCN(CC)CC)c2)cc1. The van der Waals surface area contributed by atoms with E-state index in [1.807, 2.05) is 30.3 Å². The number of hydrogen-bond donors (Lipinski definition) is 0. The number of carbonyl (C=O) groups is 2. The minimum atomic E-state index is -0.353. The Morgan fingerprint density at radius 1 is 0.879 bits per heavy atom. The minimum Gasteiger partial charge on any atom is -0.466 e. The highest BCUT2D eigenvalue weighted by Crippen LogP contribution is 2.12. The maximum atomic E-state index is 12.5. The van der Waals surface area contributed by atoms with Gasteiger partial charge in [-0.3, -0.25) is 9.78 Å². The lowest BCUT2D eigenvalue weighted by Gasteiger charge is -2.17. The molecule has 1 aromatic carbocycles. The molecule has 0 saturated heterocycles. The first kappa shape index (κ1) is 26.5. The van der Waals surface area contributed by atoms with E-state index in [4.69, 9.17) is 9.47 Å². The van der Waals surface area contributed by atoms with E-state index in [0.717, 1.165) is 42.8 Å². The number of unbranched alkanes of at least 4 members (excludes halogenated alkanes) is 3. The lowest BCUT2D eigenvalue weighted by Crippen LogP contribution is -2.23. The Kier molecular flexibility index (Phi) is 12.2. The van der Waals surface area contributed by atoms with Gasteiger partial charge in [0.25, 0.3) is 0 Å². The molecule has 0 bridgehead atoms. The number of rotatable bonds is 15. The van der Waals surface area contributed by atoms with Crippen molar-refractivity contribution in [2.24, 2.45) is 0 Å². The van der Waals surface area contributed by atoms with Crippen LogP contribution in [0.25, 0.3) is 0 Å². The van der Waals surface area contributed by atoms with Crippen molar-refractivity contribution < 1.29 is 19.1 Å². The first-order valence-electron chi connectivity index (χ1n) is 12.1. The zero-order valence-corrected chi connectivity index (χ0v) is 20.3. The van der Waals surface area contributed by atoms with E-state index < -0.39 is 0 Å². The quantitative estimate of drug-likeness (QED) is 0.279. The van der Waals surface area contributed by atoms with Crippen LogP contribution in [0.1, 0.15) is 73.6 Å². The molecule has 1 aromatic heterocycles. The predicted molar refractivity (Wildman–Crippen MR) is 130 cm³/mol. The van der Waals surface area contributed by atoms with E-state index in [9.17, 15) is 9.59 Å². The maximum Gasteiger partial charge on any atom is 0.338 e. The molecule has 33 heavy (non-hydrogen) atoms. The third-order valence-corrected chi connectivity index (χ3v) is 5.65. The van der Waals surface area contributed by atoms with Crippen molar-refractivity contribution in [3.05, 3.63) is 65.0 Å². The molecule has 0 amide bonds. The third kappa shape index (κ3) is 10.2. The van der Waals surface area contributed by atoms with Gasteiger partial charge in [-0.05, 0) is 69.1 Å². The second-order valence-corrected chi connectivity index (χ2v) is 8.10. The van der Waals surface area contributed by atoms with Crippen LogP contribution in [0.4, 0.5) is 0 Å². The molecule has 1 heterocycles. The van der Waals surface area contributed by atoms with E-state index in [2.05, 4.69) is 23.7 Å². The van der Waals surface area contributed by atoms with Gasteiger partial charge >= 0.3 is 11.9 Å². The Balaban J connectivity index is 1.73. The van der Waals surface area contributed by atoms with E-state index >= 15 is 0 Å². The van der Waals surface area contributed by atoms with Gasteiger partial charge in [-0.15, -0.1) is 0 Å². The summed E-state index contributed by atoms with van der Waals surface area (Å²) < 4.78 is 10.4. The Hall–Kier alpha value is -2.73. The van der Waals surface area contributed by atoms with Gasteiger partial charge in [-0.1, -0.05) is 51.0 Å². The fourth-order valence-corrected chi connectivity index (χ4v) is 3.64. The molecule has 180 valence electrons. The van der Waals surface area contributed by atoms with Crippen molar-refractivity contribution in [2.75, 3.05) is 26.2 Å². The van der Waals surface area contributed by atoms with Crippen LogP contribution in [0.15, 0.2) is 42.6 Å². The number of ether oxygens (including phenoxy) is 2. The molecular weight excluding hydrogens is 416 g/mol. The lowest BCUT2D eigenvalue weighted by atomic mass is 10.1. The van der Waals surface area contributed by atoms with Crippen LogP contribution < -0.4 is 0 Å². The molecular formula is C27H38N2O4. The average Bonchev–Trinajstić information content (AvgIpc) is 2.83. The molecule has 0 aliphatic carbocycles. The topological polar surface area (TPSA) is 68.7 Å². The molecule has 0 saturated carbocycles. The summed E-state index contributed by atoms with van der Waals surface area (Å²) in [5.74, 6) is -0.599. The predicted octanol–water partition coefficient (Wildman–Crippen LogP) is 4.99. The van der Waals surface area contributed by atoms with Crippen molar-refractivity contribution in [1.29, 1.82) is 0 Å². The molecule has 2 rings (SSSR count). The molecule has 6 nitrogen and oxygen atoms in total. The second kappa shape index (κ2) is 15.2. The monoisotopic (exact) mass is 454 g/mol. The first-order chi connectivity index (χ1) is 16.0. The summed E-state index contributed by atoms with van der Waals surface area (Å²) in [5.41, 5.74) is 3.20. The first-order valence-corrected chi connectivity index (χ1v) is 12.1. The van der Waals surface area contributed by atoms with E-state index in [1.54, 1.807) is 19.2 Å². The van der Waals surface area contributed by atoms with Gasteiger partial charge in [0.2, 0.25) is 0 Å². The van der Waals surface area contributed by atoms with Crippen LogP contribution >= 0.6 is 0 Å². The lowest BCUT2D eigenvalue weighted by molar-refractivity contribution is -0.142. The summed E-state index contributed by atoms with van der Waals surface area (Å²) in [5, 5.41) is 0. The van der Waals surface area contributed by atoms with Crippen molar-refractivity contribution >= 4 is 11.9 Å². The number of carbonyl (C=O) groups excluding carboxylic acids is 2. The highest BCUT2D eigenvalue weighted by molar-refractivity contribution is 5.89. The van der Waals surface area contributed by atoms with Gasteiger partial charge in [0.1, 0.15) is 6.61 Å². The Morgan fingerprint density at radius 2 is 1.58 bits per heavy atom. The van der Waals surface area contributed by atoms with Gasteiger partial charge in [0.15, 0.2) is 0 Å². The number of aryl methyl sites for hydroxylation is 1. The van der Waals surface area contributed by atoms with Crippen LogP contribution in [0, 0.1) is 0 Å². The van der Waals surface area contributed by atoms with Gasteiger partial charge in [-0.2, -0.15) is 0 Å². The van der Waals surface area contributed by atoms with Crippen molar-refractivity contribution in [1.82, 2.24) is 9.88 Å². The molecule has 0 fully saturated rings. The molecule has 6 heteroatoms. The summed E-state index contributed by atoms with van der Waals surface area (Å²) in [6.45, 7) is 10.2. The molecule has 0 radical (unpaired) electrons. The van der Waals surface area contributed by atoms with Gasteiger partial charge < -0.3 is 14.4 Å². The van der Waals surface area contributed by atoms with Gasteiger partial charge in [0, 0.05) is 11.9 Å². The molecule has 0 N–H and O–H groups in total. The zero-order chi connectivity index (χ0) is 23.9. The summed E-state index contributed by atoms with van der Waals surface area (Å²) in [6.07, 6.45) is 7.47. The smallest absolute Gasteiger partial charge is 0.338 e. The molecule has 0 aliphatic rings. The van der Waals surface area contributed by atoms with Crippen LogP contribution in [0.3, 0.4) is 0 Å². The Morgan fingerprint density at radius 3 is 2.27 bits per heavy atom. The van der Waals surface area contributed by atoms with Gasteiger partial charge in [-0.25, -0.2) is 4.79 Å². The second-order valence-electron chi connectivity index (χ2n) is 8.10. The van der Waals surface area contributed by atoms with E-state index in [0.29, 0.717) is 12.2 Å². The fourth-order valence-electron chi connectivity index (χ4n) is 3.64. The number of benzene rings is 1. The largest absolute Gasteiger partial charge is 0.466 e. The molecule has 0 spiro atoms. The van der Waals surface area contributed by atoms with Gasteiger partial charge in [0.05, 0.1) is 18.6 Å². The van der Waals surface area contributed by atoms with E-state index in [1.165, 1.54) is 25.8 Å². The zero-order valence-electron chi connectivity index (χ0n) is 20.3. The highest BCUT2D eigenvalue weighted by atomic mass is 16.5. The van der Waals surface area contributed by atoms with Crippen molar-refractivity contribution in [2.45, 2.75) is 65.9 Å². The average molecular weight is 455 g/mol. The van der Waals surface area contributed by atoms with Crippen LogP contribution in [-0.2, 0) is 33.7 Å². The fraction of sp³-hybridized carbons (Fsp3) is 0.519. The molecule has 0 aliphatic heterocycles. The third-order valence-electron chi connectivity index (χ3n) is 5.65. The molecule has 0 atom stereocenters. The van der Waals surface area contributed by atoms with Crippen molar-refractivity contribution in [3.8, 4) is 0 Å².